The van der Waals surface area contributed by atoms with Crippen LogP contribution in [0.5, 0.6) is 0 Å². The van der Waals surface area contributed by atoms with Gasteiger partial charge in [0.1, 0.15) is 6.04 Å². The monoisotopic (exact) mass is 277 g/mol. The average Bonchev–Trinajstić information content (AvgIpc) is 2.26. The Hall–Kier alpha value is -2.42. The molecule has 6 N–H and O–H groups in total. The zero-order valence-corrected chi connectivity index (χ0v) is 10.2. The lowest BCUT2D eigenvalue weighted by molar-refractivity contribution is -0.149. The molecule has 0 fully saturated rings. The highest BCUT2D eigenvalue weighted by atomic mass is 16.4. The fourth-order valence-electron chi connectivity index (χ4n) is 0.614. The molecule has 0 rings (SSSR count). The van der Waals surface area contributed by atoms with Crippen LogP contribution < -0.4 is 5.73 Å². The number of carbonyl (C=O) groups is 4. The zero-order valence-electron chi connectivity index (χ0n) is 10.2. The van der Waals surface area contributed by atoms with Gasteiger partial charge in [-0.05, 0) is 13.8 Å². The molecule has 9 heteroatoms. The van der Waals surface area contributed by atoms with Crippen molar-refractivity contribution in [1.82, 2.24) is 0 Å². The van der Waals surface area contributed by atoms with Crippen LogP contribution >= 0.6 is 0 Å². The first kappa shape index (κ1) is 18.9. The Labute approximate surface area is 108 Å². The molecule has 2 atom stereocenters. The number of rotatable bonds is 5. The maximum atomic E-state index is 10.1. The predicted molar refractivity (Wildman–Crippen MR) is 61.4 cm³/mol. The van der Waals surface area contributed by atoms with Crippen LogP contribution in [0.4, 0.5) is 0 Å². The number of hydrogen-bond donors (Lipinski definition) is 5. The second-order valence-corrected chi connectivity index (χ2v) is 3.46. The van der Waals surface area contributed by atoms with E-state index in [-0.39, 0.29) is 5.57 Å². The Morgan fingerprint density at radius 2 is 1.42 bits per heavy atom. The minimum absolute atomic E-state index is 0.178. The van der Waals surface area contributed by atoms with Gasteiger partial charge in [-0.2, -0.15) is 0 Å². The highest BCUT2D eigenvalue weighted by Crippen LogP contribution is 1.99. The number of hydrogen-bond acceptors (Lipinski definition) is 5. The molecule has 1 unspecified atom stereocenters. The minimum Gasteiger partial charge on any atom is -0.481 e. The van der Waals surface area contributed by atoms with E-state index in [4.69, 9.17) is 26.2 Å². The van der Waals surface area contributed by atoms with E-state index in [9.17, 15) is 19.2 Å². The second kappa shape index (κ2) is 8.64. The smallest absolute Gasteiger partial charge is 0.331 e. The van der Waals surface area contributed by atoms with Gasteiger partial charge in [-0.1, -0.05) is 0 Å². The summed E-state index contributed by atoms with van der Waals surface area (Å²) in [7, 11) is 0. The summed E-state index contributed by atoms with van der Waals surface area (Å²) in [4.78, 5) is 39.8. The first-order chi connectivity index (χ1) is 8.50. The fraction of sp³-hybridized carbons (Fsp3) is 0.400. The van der Waals surface area contributed by atoms with E-state index in [0.29, 0.717) is 6.08 Å². The summed E-state index contributed by atoms with van der Waals surface area (Å²) in [5, 5.41) is 32.6. The van der Waals surface area contributed by atoms with Gasteiger partial charge < -0.3 is 26.2 Å². The second-order valence-electron chi connectivity index (χ2n) is 3.46. The van der Waals surface area contributed by atoms with Gasteiger partial charge in [0.25, 0.3) is 0 Å². The van der Waals surface area contributed by atoms with Crippen molar-refractivity contribution in [2.75, 3.05) is 0 Å². The van der Waals surface area contributed by atoms with E-state index < -0.39 is 35.8 Å². The van der Waals surface area contributed by atoms with E-state index in [0.717, 1.165) is 0 Å². The van der Waals surface area contributed by atoms with Gasteiger partial charge in [0.05, 0.1) is 5.92 Å². The van der Waals surface area contributed by atoms with Gasteiger partial charge in [0, 0.05) is 11.6 Å². The van der Waals surface area contributed by atoms with Gasteiger partial charge >= 0.3 is 23.9 Å². The Morgan fingerprint density at radius 3 is 1.53 bits per heavy atom. The first-order valence-electron chi connectivity index (χ1n) is 4.86. The maximum absolute atomic E-state index is 10.1. The Morgan fingerprint density at radius 1 is 1.00 bits per heavy atom. The molecule has 0 saturated carbocycles. The van der Waals surface area contributed by atoms with Gasteiger partial charge in [-0.15, -0.1) is 0 Å². The minimum atomic E-state index is -1.32. The summed E-state index contributed by atoms with van der Waals surface area (Å²) in [6.07, 6.45) is 0.641. The van der Waals surface area contributed by atoms with Crippen molar-refractivity contribution in [2.45, 2.75) is 19.9 Å². The van der Waals surface area contributed by atoms with Crippen LogP contribution in [-0.2, 0) is 19.2 Å². The molecule has 9 nitrogen and oxygen atoms in total. The van der Waals surface area contributed by atoms with Crippen molar-refractivity contribution >= 4 is 23.9 Å². The van der Waals surface area contributed by atoms with Crippen molar-refractivity contribution in [3.05, 3.63) is 11.6 Å². The molecule has 108 valence electrons. The molecule has 0 aromatic carbocycles. The summed E-state index contributed by atoms with van der Waals surface area (Å²) in [5.41, 5.74) is 4.80. The van der Waals surface area contributed by atoms with Crippen molar-refractivity contribution in [3.63, 3.8) is 0 Å². The van der Waals surface area contributed by atoms with Crippen LogP contribution in [0, 0.1) is 5.92 Å². The molecule has 0 bridgehead atoms. The number of carboxylic acids is 4. The lowest BCUT2D eigenvalue weighted by Crippen LogP contribution is -2.40. The van der Waals surface area contributed by atoms with Crippen LogP contribution in [0.1, 0.15) is 13.8 Å². The van der Waals surface area contributed by atoms with Crippen molar-refractivity contribution in [2.24, 2.45) is 11.7 Å². The first-order valence-corrected chi connectivity index (χ1v) is 4.86. The Kier molecular flexibility index (Phi) is 8.61. The third kappa shape index (κ3) is 9.30. The molecule has 0 amide bonds. The number of nitrogens with two attached hydrogens (primary N) is 1. The Bertz CT molecular complexity index is 382. The van der Waals surface area contributed by atoms with Gasteiger partial charge in [-0.3, -0.25) is 9.59 Å². The van der Waals surface area contributed by atoms with E-state index >= 15 is 0 Å². The quantitative estimate of drug-likeness (QED) is 0.403. The Balaban J connectivity index is 0. The summed E-state index contributed by atoms with van der Waals surface area (Å²) in [6, 6.07) is -1.32. The fourth-order valence-corrected chi connectivity index (χ4v) is 0.614. The predicted octanol–water partition coefficient (Wildman–Crippen LogP) is -0.779. The molecule has 0 aliphatic carbocycles. The van der Waals surface area contributed by atoms with Gasteiger partial charge in [-0.25, -0.2) is 9.59 Å². The average molecular weight is 277 g/mol. The molecule has 0 aliphatic rings. The lowest BCUT2D eigenvalue weighted by Gasteiger charge is -2.09. The largest absolute Gasteiger partial charge is 0.481 e. The van der Waals surface area contributed by atoms with E-state index in [1.807, 2.05) is 0 Å². The molecule has 19 heavy (non-hydrogen) atoms. The van der Waals surface area contributed by atoms with E-state index in [1.165, 1.54) is 13.8 Å². The summed E-state index contributed by atoms with van der Waals surface area (Å²) in [5.74, 6) is -5.99. The van der Waals surface area contributed by atoms with E-state index in [1.54, 1.807) is 0 Å². The molecule has 0 radical (unpaired) electrons. The van der Waals surface area contributed by atoms with Crippen molar-refractivity contribution in [1.29, 1.82) is 0 Å². The normalized spacial score (nSPS) is 13.5. The maximum Gasteiger partial charge on any atom is 0.331 e. The standard InChI is InChI=1S/C5H9NO4.C5H6O4/c1-2(4(7)8)3(6)5(9)10;1-3(5(8)9)2-4(6)7/h2-3H,6H2,1H3,(H,7,8)(H,9,10);2H,1H3,(H,6,7)(H,8,9)/b;3-2-/t2?,3-;/m0./s1. The number of carboxylic acid groups (broad SMARTS) is 4. The molecule has 0 aromatic rings. The zero-order chi connectivity index (χ0) is 15.7. The lowest BCUT2D eigenvalue weighted by atomic mass is 10.0. The van der Waals surface area contributed by atoms with Crippen LogP contribution in [-0.4, -0.2) is 50.3 Å². The third-order valence-electron chi connectivity index (χ3n) is 1.89. The van der Waals surface area contributed by atoms with Crippen molar-refractivity contribution in [3.8, 4) is 0 Å². The third-order valence-corrected chi connectivity index (χ3v) is 1.89. The van der Waals surface area contributed by atoms with Crippen molar-refractivity contribution < 1.29 is 39.6 Å². The molecular formula is C10H15NO8. The van der Waals surface area contributed by atoms with Crippen LogP contribution in [0.2, 0.25) is 0 Å². The SMILES string of the molecule is C/C(=C/C(=O)O)C(=O)O.CC(C(=O)O)[C@H](N)C(=O)O. The molecule has 0 spiro atoms. The molecule has 0 aromatic heterocycles. The van der Waals surface area contributed by atoms with Crippen LogP contribution in [0.3, 0.4) is 0 Å². The molecular weight excluding hydrogens is 262 g/mol. The summed E-state index contributed by atoms with van der Waals surface area (Å²) in [6.45, 7) is 2.47. The highest BCUT2D eigenvalue weighted by Gasteiger charge is 2.25. The van der Waals surface area contributed by atoms with E-state index in [2.05, 4.69) is 0 Å². The summed E-state index contributed by atoms with van der Waals surface area (Å²) < 4.78 is 0. The van der Waals surface area contributed by atoms with Gasteiger partial charge in [0.15, 0.2) is 0 Å². The molecule has 0 heterocycles. The topological polar surface area (TPSA) is 175 Å². The summed E-state index contributed by atoms with van der Waals surface area (Å²) >= 11 is 0. The number of aliphatic carboxylic acids is 4. The van der Waals surface area contributed by atoms with Gasteiger partial charge in [0.2, 0.25) is 0 Å². The van der Waals surface area contributed by atoms with Crippen LogP contribution in [0.25, 0.3) is 0 Å². The molecule has 0 aliphatic heterocycles. The highest BCUT2D eigenvalue weighted by molar-refractivity contribution is 5.94. The van der Waals surface area contributed by atoms with Crippen LogP contribution in [0.15, 0.2) is 11.6 Å². The molecule has 0 saturated heterocycles.